The van der Waals surface area contributed by atoms with Crippen molar-refractivity contribution in [1.29, 1.82) is 0 Å². The van der Waals surface area contributed by atoms with Crippen LogP contribution in [0, 0.1) is 17.5 Å². The summed E-state index contributed by atoms with van der Waals surface area (Å²) in [4.78, 5) is 0. The summed E-state index contributed by atoms with van der Waals surface area (Å²) in [6, 6.07) is 7.74. The van der Waals surface area contributed by atoms with Crippen LogP contribution in [-0.2, 0) is 0 Å². The summed E-state index contributed by atoms with van der Waals surface area (Å²) >= 11 is 0. The molecule has 0 amide bonds. The van der Waals surface area contributed by atoms with Gasteiger partial charge in [-0.2, -0.15) is 0 Å². The molecule has 2 aromatic rings. The molecule has 0 fully saturated rings. The Hall–Kier alpha value is -1.81. The third kappa shape index (κ3) is 3.85. The molecule has 0 bridgehead atoms. The Morgan fingerprint density at radius 1 is 1.00 bits per heavy atom. The van der Waals surface area contributed by atoms with Gasteiger partial charge < -0.3 is 5.32 Å². The van der Waals surface area contributed by atoms with Crippen molar-refractivity contribution in [2.24, 2.45) is 0 Å². The molecule has 2 aromatic carbocycles. The third-order valence-electron chi connectivity index (χ3n) is 3.36. The average molecular weight is 293 g/mol. The zero-order valence-electron chi connectivity index (χ0n) is 12.1. The topological polar surface area (TPSA) is 12.0 Å². The molecule has 2 rings (SSSR count). The van der Waals surface area contributed by atoms with Gasteiger partial charge in [0.05, 0.1) is 0 Å². The van der Waals surface area contributed by atoms with E-state index in [0.29, 0.717) is 0 Å². The first-order valence-corrected chi connectivity index (χ1v) is 7.00. The van der Waals surface area contributed by atoms with Crippen LogP contribution in [0.3, 0.4) is 0 Å². The van der Waals surface area contributed by atoms with Gasteiger partial charge in [-0.1, -0.05) is 13.0 Å². The van der Waals surface area contributed by atoms with Crippen molar-refractivity contribution >= 4 is 0 Å². The Morgan fingerprint density at radius 2 is 1.67 bits per heavy atom. The molecule has 0 saturated carbocycles. The van der Waals surface area contributed by atoms with E-state index in [-0.39, 0.29) is 17.2 Å². The SMILES string of the molecule is CCCNC(C)c1ccc(F)c(-c2cc(F)cc(F)c2)c1. The maximum Gasteiger partial charge on any atom is 0.131 e. The predicted octanol–water partition coefficient (Wildman–Crippen LogP) is 4.83. The Kier molecular flexibility index (Phi) is 5.02. The molecule has 112 valence electrons. The number of hydrogen-bond acceptors (Lipinski definition) is 1. The lowest BCUT2D eigenvalue weighted by atomic mass is 9.99. The Labute approximate surface area is 122 Å². The third-order valence-corrected chi connectivity index (χ3v) is 3.36. The van der Waals surface area contributed by atoms with Crippen LogP contribution in [0.4, 0.5) is 13.2 Å². The number of nitrogens with one attached hydrogen (secondary N) is 1. The van der Waals surface area contributed by atoms with Gasteiger partial charge in [0, 0.05) is 17.7 Å². The van der Waals surface area contributed by atoms with E-state index in [1.807, 2.05) is 6.92 Å². The molecule has 1 unspecified atom stereocenters. The maximum absolute atomic E-state index is 14.0. The van der Waals surface area contributed by atoms with E-state index in [2.05, 4.69) is 12.2 Å². The number of halogens is 3. The van der Waals surface area contributed by atoms with Gasteiger partial charge in [0.15, 0.2) is 0 Å². The van der Waals surface area contributed by atoms with Crippen LogP contribution in [-0.4, -0.2) is 6.54 Å². The summed E-state index contributed by atoms with van der Waals surface area (Å²) < 4.78 is 40.6. The van der Waals surface area contributed by atoms with E-state index in [1.54, 1.807) is 12.1 Å². The highest BCUT2D eigenvalue weighted by molar-refractivity contribution is 5.65. The normalized spacial score (nSPS) is 12.4. The average Bonchev–Trinajstić information content (AvgIpc) is 2.44. The molecular formula is C17H18F3N. The fourth-order valence-corrected chi connectivity index (χ4v) is 2.22. The van der Waals surface area contributed by atoms with Crippen molar-refractivity contribution in [3.8, 4) is 11.1 Å². The largest absolute Gasteiger partial charge is 0.310 e. The lowest BCUT2D eigenvalue weighted by Gasteiger charge is -2.15. The van der Waals surface area contributed by atoms with E-state index in [1.165, 1.54) is 6.07 Å². The minimum atomic E-state index is -0.716. The van der Waals surface area contributed by atoms with Crippen LogP contribution >= 0.6 is 0 Å². The summed E-state index contributed by atoms with van der Waals surface area (Å²) in [6.45, 7) is 4.88. The summed E-state index contributed by atoms with van der Waals surface area (Å²) in [5.74, 6) is -1.93. The van der Waals surface area contributed by atoms with Gasteiger partial charge in [0.25, 0.3) is 0 Å². The number of benzene rings is 2. The molecule has 0 aliphatic rings. The predicted molar refractivity (Wildman–Crippen MR) is 78.5 cm³/mol. The number of hydrogen-bond donors (Lipinski definition) is 1. The van der Waals surface area contributed by atoms with Gasteiger partial charge in [-0.3, -0.25) is 0 Å². The lowest BCUT2D eigenvalue weighted by Crippen LogP contribution is -2.19. The first-order valence-electron chi connectivity index (χ1n) is 7.00. The highest BCUT2D eigenvalue weighted by atomic mass is 19.1. The molecule has 0 radical (unpaired) electrons. The van der Waals surface area contributed by atoms with Crippen LogP contribution in [0.1, 0.15) is 31.9 Å². The number of rotatable bonds is 5. The van der Waals surface area contributed by atoms with Gasteiger partial charge in [-0.05, 0) is 55.3 Å². The van der Waals surface area contributed by atoms with Crippen LogP contribution in [0.2, 0.25) is 0 Å². The van der Waals surface area contributed by atoms with Crippen molar-refractivity contribution in [2.45, 2.75) is 26.3 Å². The van der Waals surface area contributed by atoms with Crippen molar-refractivity contribution in [2.75, 3.05) is 6.54 Å². The van der Waals surface area contributed by atoms with Gasteiger partial charge >= 0.3 is 0 Å². The molecule has 1 atom stereocenters. The van der Waals surface area contributed by atoms with Crippen molar-refractivity contribution in [3.63, 3.8) is 0 Å². The summed E-state index contributed by atoms with van der Waals surface area (Å²) in [5.41, 5.74) is 1.29. The molecule has 0 aliphatic heterocycles. The highest BCUT2D eigenvalue weighted by Crippen LogP contribution is 2.27. The first-order chi connectivity index (χ1) is 10.0. The molecule has 4 heteroatoms. The van der Waals surface area contributed by atoms with E-state index in [4.69, 9.17) is 0 Å². The fourth-order valence-electron chi connectivity index (χ4n) is 2.22. The molecule has 21 heavy (non-hydrogen) atoms. The second-order valence-electron chi connectivity index (χ2n) is 5.07. The Morgan fingerprint density at radius 3 is 2.29 bits per heavy atom. The zero-order valence-corrected chi connectivity index (χ0v) is 12.1. The van der Waals surface area contributed by atoms with Crippen LogP contribution in [0.25, 0.3) is 11.1 Å². The molecule has 0 aromatic heterocycles. The molecule has 1 N–H and O–H groups in total. The molecule has 0 saturated heterocycles. The zero-order chi connectivity index (χ0) is 15.4. The summed E-state index contributed by atoms with van der Waals surface area (Å²) in [6.07, 6.45) is 0.994. The second-order valence-corrected chi connectivity index (χ2v) is 5.07. The van der Waals surface area contributed by atoms with Crippen LogP contribution < -0.4 is 5.32 Å². The summed E-state index contributed by atoms with van der Waals surface area (Å²) in [5, 5.41) is 3.30. The fraction of sp³-hybridized carbons (Fsp3) is 0.294. The minimum absolute atomic E-state index is 0.0442. The quantitative estimate of drug-likeness (QED) is 0.832. The van der Waals surface area contributed by atoms with E-state index in [0.717, 1.165) is 36.7 Å². The van der Waals surface area contributed by atoms with E-state index >= 15 is 0 Å². The van der Waals surface area contributed by atoms with Crippen LogP contribution in [0.5, 0.6) is 0 Å². The molecule has 0 aliphatic carbocycles. The van der Waals surface area contributed by atoms with Gasteiger partial charge in [0.2, 0.25) is 0 Å². The Balaban J connectivity index is 2.39. The maximum atomic E-state index is 14.0. The minimum Gasteiger partial charge on any atom is -0.310 e. The monoisotopic (exact) mass is 293 g/mol. The van der Waals surface area contributed by atoms with Crippen molar-refractivity contribution in [3.05, 3.63) is 59.4 Å². The lowest BCUT2D eigenvalue weighted by molar-refractivity contribution is 0.568. The smallest absolute Gasteiger partial charge is 0.131 e. The molecule has 0 spiro atoms. The van der Waals surface area contributed by atoms with Gasteiger partial charge in [0.1, 0.15) is 17.5 Å². The van der Waals surface area contributed by atoms with Crippen molar-refractivity contribution < 1.29 is 13.2 Å². The molecule has 0 heterocycles. The highest BCUT2D eigenvalue weighted by Gasteiger charge is 2.12. The molecular weight excluding hydrogens is 275 g/mol. The molecule has 1 nitrogen and oxygen atoms in total. The Bertz CT molecular complexity index is 605. The summed E-state index contributed by atoms with van der Waals surface area (Å²) in [7, 11) is 0. The van der Waals surface area contributed by atoms with Gasteiger partial charge in [-0.25, -0.2) is 13.2 Å². The first kappa shape index (κ1) is 15.6. The van der Waals surface area contributed by atoms with Crippen LogP contribution in [0.15, 0.2) is 36.4 Å². The van der Waals surface area contributed by atoms with E-state index in [9.17, 15) is 13.2 Å². The standard InChI is InChI=1S/C17H18F3N/c1-3-6-21-11(2)12-4-5-17(20)16(9-12)13-7-14(18)10-15(19)8-13/h4-5,7-11,21H,3,6H2,1-2H3. The van der Waals surface area contributed by atoms with E-state index < -0.39 is 17.5 Å². The van der Waals surface area contributed by atoms with Crippen molar-refractivity contribution in [1.82, 2.24) is 5.32 Å². The van der Waals surface area contributed by atoms with Gasteiger partial charge in [-0.15, -0.1) is 0 Å². The second kappa shape index (κ2) is 6.76.